The Balaban J connectivity index is 1.84. The smallest absolute Gasteiger partial charge is 0.0945 e. The Morgan fingerprint density at radius 1 is 1.13 bits per heavy atom. The normalized spacial score (nSPS) is 12.4. The molecule has 0 bridgehead atoms. The summed E-state index contributed by atoms with van der Waals surface area (Å²) in [7, 11) is 0. The van der Waals surface area contributed by atoms with Gasteiger partial charge in [-0.1, -0.05) is 56.3 Å². The van der Waals surface area contributed by atoms with E-state index in [0.717, 1.165) is 31.0 Å². The molecule has 23 heavy (non-hydrogen) atoms. The molecule has 0 N–H and O–H groups in total. The van der Waals surface area contributed by atoms with Gasteiger partial charge in [-0.15, -0.1) is 0 Å². The van der Waals surface area contributed by atoms with Crippen LogP contribution >= 0.6 is 11.6 Å². The lowest BCUT2D eigenvalue weighted by atomic mass is 10.1. The van der Waals surface area contributed by atoms with Gasteiger partial charge in [-0.25, -0.2) is 4.98 Å². The topological polar surface area (TPSA) is 27.1 Å². The van der Waals surface area contributed by atoms with Crippen LogP contribution < -0.4 is 0 Å². The first kappa shape index (κ1) is 18.0. The molecule has 0 fully saturated rings. The molecule has 0 aliphatic carbocycles. The minimum atomic E-state index is 0.112. The second-order valence-corrected chi connectivity index (χ2v) is 6.35. The first-order valence-corrected chi connectivity index (χ1v) is 9.00. The van der Waals surface area contributed by atoms with E-state index >= 15 is 0 Å². The highest BCUT2D eigenvalue weighted by Gasteiger charge is 2.12. The highest BCUT2D eigenvalue weighted by molar-refractivity contribution is 6.30. The monoisotopic (exact) mass is 334 g/mol. The molecule has 1 aromatic heterocycles. The molecule has 1 heterocycles. The molecular weight excluding hydrogens is 308 g/mol. The first-order chi connectivity index (χ1) is 11.3. The molecule has 4 heteroatoms. The summed E-state index contributed by atoms with van der Waals surface area (Å²) in [6.45, 7) is 3.97. The third-order valence-corrected chi connectivity index (χ3v) is 4.27. The predicted octanol–water partition coefficient (Wildman–Crippen LogP) is 5.65. The van der Waals surface area contributed by atoms with E-state index in [1.807, 2.05) is 30.9 Å². The quantitative estimate of drug-likeness (QED) is 0.496. The molecule has 1 unspecified atom stereocenters. The lowest BCUT2D eigenvalue weighted by Crippen LogP contribution is -2.09. The van der Waals surface area contributed by atoms with Gasteiger partial charge in [0.1, 0.15) is 0 Å². The summed E-state index contributed by atoms with van der Waals surface area (Å²) in [5.74, 6) is 0. The molecular formula is C19H27ClN2O. The van der Waals surface area contributed by atoms with Gasteiger partial charge in [0.25, 0.3) is 0 Å². The SMILES string of the molecule is CCCCCCCOC(CCn1ccnc1)c1ccc(Cl)cc1. The number of aryl methyl sites for hydroxylation is 1. The molecule has 1 atom stereocenters. The van der Waals surface area contributed by atoms with Crippen LogP contribution in [0.4, 0.5) is 0 Å². The molecule has 0 aliphatic heterocycles. The van der Waals surface area contributed by atoms with Crippen molar-refractivity contribution in [1.82, 2.24) is 9.55 Å². The zero-order valence-corrected chi connectivity index (χ0v) is 14.7. The summed E-state index contributed by atoms with van der Waals surface area (Å²) in [6, 6.07) is 8.01. The molecule has 2 aromatic rings. The number of aromatic nitrogens is 2. The molecule has 126 valence electrons. The molecule has 3 nitrogen and oxygen atoms in total. The van der Waals surface area contributed by atoms with Gasteiger partial charge in [0, 0.05) is 30.6 Å². The number of nitrogens with zero attached hydrogens (tertiary/aromatic N) is 2. The summed E-state index contributed by atoms with van der Waals surface area (Å²) in [6.07, 6.45) is 13.0. The van der Waals surface area contributed by atoms with Gasteiger partial charge >= 0.3 is 0 Å². The van der Waals surface area contributed by atoms with Crippen molar-refractivity contribution in [3.05, 3.63) is 53.6 Å². The van der Waals surface area contributed by atoms with Crippen molar-refractivity contribution in [3.63, 3.8) is 0 Å². The van der Waals surface area contributed by atoms with Gasteiger partial charge < -0.3 is 9.30 Å². The number of ether oxygens (including phenoxy) is 1. The number of hydrogen-bond acceptors (Lipinski definition) is 2. The van der Waals surface area contributed by atoms with E-state index < -0.39 is 0 Å². The number of rotatable bonds is 11. The fraction of sp³-hybridized carbons (Fsp3) is 0.526. The number of halogens is 1. The van der Waals surface area contributed by atoms with E-state index in [1.54, 1.807) is 0 Å². The molecule has 2 rings (SSSR count). The van der Waals surface area contributed by atoms with Crippen LogP contribution in [0.15, 0.2) is 43.0 Å². The van der Waals surface area contributed by atoms with Crippen LogP contribution in [-0.4, -0.2) is 16.2 Å². The molecule has 0 amide bonds. The average Bonchev–Trinajstić information content (AvgIpc) is 3.08. The zero-order chi connectivity index (χ0) is 16.3. The van der Waals surface area contributed by atoms with E-state index in [1.165, 1.54) is 31.2 Å². The highest BCUT2D eigenvalue weighted by Crippen LogP contribution is 2.24. The summed E-state index contributed by atoms with van der Waals surface area (Å²) in [5.41, 5.74) is 1.20. The van der Waals surface area contributed by atoms with Crippen molar-refractivity contribution in [1.29, 1.82) is 0 Å². The van der Waals surface area contributed by atoms with Gasteiger partial charge in [-0.05, 0) is 30.5 Å². The van der Waals surface area contributed by atoms with Crippen molar-refractivity contribution < 1.29 is 4.74 Å². The van der Waals surface area contributed by atoms with Crippen molar-refractivity contribution in [2.24, 2.45) is 0 Å². The second-order valence-electron chi connectivity index (χ2n) is 5.91. The fourth-order valence-corrected chi connectivity index (χ4v) is 2.77. The molecule has 1 aromatic carbocycles. The van der Waals surface area contributed by atoms with Gasteiger partial charge in [0.05, 0.1) is 12.4 Å². The van der Waals surface area contributed by atoms with Crippen LogP contribution in [0.3, 0.4) is 0 Å². The predicted molar refractivity (Wildman–Crippen MR) is 95.7 cm³/mol. The Bertz CT molecular complexity index is 525. The van der Waals surface area contributed by atoms with E-state index in [4.69, 9.17) is 16.3 Å². The van der Waals surface area contributed by atoms with Gasteiger partial charge in [0.15, 0.2) is 0 Å². The summed E-state index contributed by atoms with van der Waals surface area (Å²) >= 11 is 6.00. The van der Waals surface area contributed by atoms with Crippen LogP contribution in [0.25, 0.3) is 0 Å². The second kappa shape index (κ2) is 10.5. The minimum absolute atomic E-state index is 0.112. The third-order valence-electron chi connectivity index (χ3n) is 4.02. The van der Waals surface area contributed by atoms with Crippen LogP contribution in [0.5, 0.6) is 0 Å². The number of benzene rings is 1. The summed E-state index contributed by atoms with van der Waals surface area (Å²) in [4.78, 5) is 4.09. The lowest BCUT2D eigenvalue weighted by Gasteiger charge is -2.19. The summed E-state index contributed by atoms with van der Waals surface area (Å²) < 4.78 is 8.26. The van der Waals surface area contributed by atoms with E-state index in [9.17, 15) is 0 Å². The minimum Gasteiger partial charge on any atom is -0.373 e. The molecule has 0 aliphatic rings. The standard InChI is InChI=1S/C19H27ClN2O/c1-2-3-4-5-6-15-23-19(11-13-22-14-12-21-16-22)17-7-9-18(20)10-8-17/h7-10,12,14,16,19H,2-6,11,13,15H2,1H3. The maximum absolute atomic E-state index is 6.17. The number of hydrogen-bond donors (Lipinski definition) is 0. The van der Waals surface area contributed by atoms with Crippen LogP contribution in [-0.2, 0) is 11.3 Å². The van der Waals surface area contributed by atoms with Crippen molar-refractivity contribution in [3.8, 4) is 0 Å². The van der Waals surface area contributed by atoms with Gasteiger partial charge in [0.2, 0.25) is 0 Å². The largest absolute Gasteiger partial charge is 0.373 e. The summed E-state index contributed by atoms with van der Waals surface area (Å²) in [5, 5.41) is 0.765. The Labute approximate surface area is 144 Å². The molecule has 0 spiro atoms. The van der Waals surface area contributed by atoms with Crippen molar-refractivity contribution >= 4 is 11.6 Å². The Hall–Kier alpha value is -1.32. The maximum atomic E-state index is 6.17. The molecule has 0 saturated carbocycles. The lowest BCUT2D eigenvalue weighted by molar-refractivity contribution is 0.0410. The van der Waals surface area contributed by atoms with E-state index in [0.29, 0.717) is 0 Å². The third kappa shape index (κ3) is 6.76. The number of imidazole rings is 1. The van der Waals surface area contributed by atoms with E-state index in [-0.39, 0.29) is 6.10 Å². The Kier molecular flexibility index (Phi) is 8.19. The highest BCUT2D eigenvalue weighted by atomic mass is 35.5. The number of unbranched alkanes of at least 4 members (excludes halogenated alkanes) is 4. The average molecular weight is 335 g/mol. The van der Waals surface area contributed by atoms with Crippen molar-refractivity contribution in [2.45, 2.75) is 58.1 Å². The fourth-order valence-electron chi connectivity index (χ4n) is 2.64. The van der Waals surface area contributed by atoms with Gasteiger partial charge in [-0.3, -0.25) is 0 Å². The Morgan fingerprint density at radius 2 is 1.91 bits per heavy atom. The van der Waals surface area contributed by atoms with Gasteiger partial charge in [-0.2, -0.15) is 0 Å². The van der Waals surface area contributed by atoms with Crippen LogP contribution in [0, 0.1) is 0 Å². The maximum Gasteiger partial charge on any atom is 0.0945 e. The molecule has 0 saturated heterocycles. The van der Waals surface area contributed by atoms with Crippen LogP contribution in [0.2, 0.25) is 5.02 Å². The van der Waals surface area contributed by atoms with Crippen LogP contribution in [0.1, 0.15) is 57.1 Å². The zero-order valence-electron chi connectivity index (χ0n) is 14.0. The Morgan fingerprint density at radius 3 is 2.61 bits per heavy atom. The van der Waals surface area contributed by atoms with Crippen molar-refractivity contribution in [2.75, 3.05) is 6.61 Å². The van der Waals surface area contributed by atoms with E-state index in [2.05, 4.69) is 28.6 Å². The molecule has 0 radical (unpaired) electrons. The first-order valence-electron chi connectivity index (χ1n) is 8.62.